The number of benzene rings is 2. The molecule has 2 aromatic rings. The van der Waals surface area contributed by atoms with E-state index in [9.17, 15) is 22.4 Å². The minimum absolute atomic E-state index is 0.114. The second-order valence-corrected chi connectivity index (χ2v) is 7.78. The largest absolute Gasteiger partial charge is 0.326 e. The van der Waals surface area contributed by atoms with Crippen LogP contribution in [0.25, 0.3) is 0 Å². The second kappa shape index (κ2) is 8.63. The van der Waals surface area contributed by atoms with Crippen molar-refractivity contribution in [1.29, 1.82) is 0 Å². The monoisotopic (exact) mass is 393 g/mol. The van der Waals surface area contributed by atoms with Gasteiger partial charge in [-0.25, -0.2) is 12.8 Å². The van der Waals surface area contributed by atoms with Gasteiger partial charge in [0, 0.05) is 31.3 Å². The highest BCUT2D eigenvalue weighted by Gasteiger charge is 2.19. The lowest BCUT2D eigenvalue weighted by Crippen LogP contribution is -2.33. The highest BCUT2D eigenvalue weighted by molar-refractivity contribution is 7.92. The molecule has 0 unspecified atom stereocenters. The van der Waals surface area contributed by atoms with Crippen molar-refractivity contribution in [2.24, 2.45) is 0 Å². The number of rotatable bonds is 7. The molecule has 0 saturated heterocycles. The summed E-state index contributed by atoms with van der Waals surface area (Å²) in [4.78, 5) is 23.1. The van der Waals surface area contributed by atoms with Gasteiger partial charge in [-0.1, -0.05) is 6.07 Å². The van der Waals surface area contributed by atoms with E-state index in [-0.39, 0.29) is 24.6 Å². The zero-order chi connectivity index (χ0) is 20.0. The van der Waals surface area contributed by atoms with Gasteiger partial charge in [-0.15, -0.1) is 0 Å². The van der Waals surface area contributed by atoms with E-state index in [2.05, 4.69) is 10.6 Å². The second-order valence-electron chi connectivity index (χ2n) is 5.87. The van der Waals surface area contributed by atoms with Gasteiger partial charge < -0.3 is 10.6 Å². The molecule has 2 aromatic carbocycles. The molecule has 0 spiro atoms. The number of carbonyl (C=O) groups is 2. The molecule has 0 saturated carbocycles. The topological polar surface area (TPSA) is 95.6 Å². The minimum atomic E-state index is -3.67. The minimum Gasteiger partial charge on any atom is -0.326 e. The molecule has 2 amide bonds. The lowest BCUT2D eigenvalue weighted by atomic mass is 10.2. The number of hydrogen-bond donors (Lipinski definition) is 2. The van der Waals surface area contributed by atoms with Crippen LogP contribution >= 0.6 is 0 Å². The molecule has 0 fully saturated rings. The molecular weight excluding hydrogens is 373 g/mol. The van der Waals surface area contributed by atoms with E-state index in [1.165, 1.54) is 25.1 Å². The number of nitrogens with zero attached hydrogens (tertiary/aromatic N) is 1. The summed E-state index contributed by atoms with van der Waals surface area (Å²) >= 11 is 0. The summed E-state index contributed by atoms with van der Waals surface area (Å²) in [7, 11) is -3.67. The smallest absolute Gasteiger partial charge is 0.232 e. The van der Waals surface area contributed by atoms with Crippen LogP contribution < -0.4 is 14.9 Å². The quantitative estimate of drug-likeness (QED) is 0.756. The van der Waals surface area contributed by atoms with Crippen LogP contribution in [0.2, 0.25) is 0 Å². The Bertz CT molecular complexity index is 930. The number of halogens is 1. The van der Waals surface area contributed by atoms with Gasteiger partial charge in [0.25, 0.3) is 0 Å². The Morgan fingerprint density at radius 3 is 2.15 bits per heavy atom. The Balaban J connectivity index is 2.00. The van der Waals surface area contributed by atoms with Gasteiger partial charge in [0.2, 0.25) is 21.8 Å². The van der Waals surface area contributed by atoms with Crippen molar-refractivity contribution in [3.63, 3.8) is 0 Å². The van der Waals surface area contributed by atoms with Crippen LogP contribution in [0.5, 0.6) is 0 Å². The van der Waals surface area contributed by atoms with Gasteiger partial charge in [0.1, 0.15) is 5.82 Å². The zero-order valence-corrected chi connectivity index (χ0v) is 15.7. The summed E-state index contributed by atoms with van der Waals surface area (Å²) in [5.41, 5.74) is 1.26. The van der Waals surface area contributed by atoms with E-state index >= 15 is 0 Å². The first-order chi connectivity index (χ1) is 12.6. The van der Waals surface area contributed by atoms with Crippen molar-refractivity contribution < 1.29 is 22.4 Å². The lowest BCUT2D eigenvalue weighted by Gasteiger charge is -2.22. The van der Waals surface area contributed by atoms with Crippen molar-refractivity contribution in [2.45, 2.75) is 13.3 Å². The molecule has 144 valence electrons. The normalized spacial score (nSPS) is 10.9. The van der Waals surface area contributed by atoms with Gasteiger partial charge >= 0.3 is 0 Å². The Morgan fingerprint density at radius 2 is 1.63 bits per heavy atom. The molecule has 0 aromatic heterocycles. The predicted octanol–water partition coefficient (Wildman–Crippen LogP) is 2.58. The van der Waals surface area contributed by atoms with Crippen molar-refractivity contribution in [3.8, 4) is 0 Å². The fourth-order valence-electron chi connectivity index (χ4n) is 2.38. The first-order valence-corrected chi connectivity index (χ1v) is 9.91. The molecule has 7 nitrogen and oxygen atoms in total. The number of carbonyl (C=O) groups excluding carboxylic acids is 2. The highest BCUT2D eigenvalue weighted by Crippen LogP contribution is 2.19. The molecule has 0 radical (unpaired) electrons. The molecule has 0 heterocycles. The average molecular weight is 393 g/mol. The summed E-state index contributed by atoms with van der Waals surface area (Å²) in [6, 6.07) is 11.7. The fourth-order valence-corrected chi connectivity index (χ4v) is 3.30. The predicted molar refractivity (Wildman–Crippen MR) is 103 cm³/mol. The van der Waals surface area contributed by atoms with Crippen LogP contribution in [-0.2, 0) is 19.6 Å². The lowest BCUT2D eigenvalue weighted by molar-refractivity contribution is -0.116. The van der Waals surface area contributed by atoms with E-state index in [1.807, 2.05) is 0 Å². The van der Waals surface area contributed by atoms with Crippen molar-refractivity contribution in [3.05, 3.63) is 54.3 Å². The number of hydrogen-bond acceptors (Lipinski definition) is 4. The molecule has 0 aliphatic carbocycles. The van der Waals surface area contributed by atoms with Gasteiger partial charge in [-0.3, -0.25) is 13.9 Å². The molecule has 9 heteroatoms. The summed E-state index contributed by atoms with van der Waals surface area (Å²) in [6.45, 7) is 1.26. The number of sulfonamides is 1. The molecule has 2 N–H and O–H groups in total. The van der Waals surface area contributed by atoms with Crippen LogP contribution in [0.1, 0.15) is 13.3 Å². The summed E-state index contributed by atoms with van der Waals surface area (Å²) in [6.07, 6.45) is 0.883. The van der Waals surface area contributed by atoms with Crippen LogP contribution in [0.4, 0.5) is 21.5 Å². The molecule has 0 aliphatic heterocycles. The molecule has 2 rings (SSSR count). The van der Waals surface area contributed by atoms with Gasteiger partial charge in [0.15, 0.2) is 0 Å². The standard InChI is InChI=1S/C18H20FN3O4S/c1-13(23)20-15-6-8-16(9-7-15)21-18(24)10-11-22(27(2,25)26)17-5-3-4-14(19)12-17/h3-9,12H,10-11H2,1-2H3,(H,20,23)(H,21,24). The maximum atomic E-state index is 13.4. The molecular formula is C18H20FN3O4S. The van der Waals surface area contributed by atoms with E-state index in [0.717, 1.165) is 16.6 Å². The van der Waals surface area contributed by atoms with E-state index in [1.54, 1.807) is 24.3 Å². The summed E-state index contributed by atoms with van der Waals surface area (Å²) in [5, 5.41) is 5.25. The third kappa shape index (κ3) is 6.37. The number of amides is 2. The number of nitrogens with one attached hydrogen (secondary N) is 2. The van der Waals surface area contributed by atoms with E-state index < -0.39 is 21.7 Å². The zero-order valence-electron chi connectivity index (χ0n) is 14.9. The maximum absolute atomic E-state index is 13.4. The first-order valence-electron chi connectivity index (χ1n) is 8.06. The first kappa shape index (κ1) is 20.4. The van der Waals surface area contributed by atoms with Crippen LogP contribution in [0.15, 0.2) is 48.5 Å². The molecule has 0 bridgehead atoms. The Labute approximate surface area is 157 Å². The summed E-state index contributed by atoms with van der Waals surface area (Å²) in [5.74, 6) is -1.16. The van der Waals surface area contributed by atoms with Gasteiger partial charge in [-0.05, 0) is 42.5 Å². The van der Waals surface area contributed by atoms with Gasteiger partial charge in [-0.2, -0.15) is 0 Å². The third-order valence-corrected chi connectivity index (χ3v) is 4.72. The van der Waals surface area contributed by atoms with Gasteiger partial charge in [0.05, 0.1) is 11.9 Å². The van der Waals surface area contributed by atoms with Crippen molar-refractivity contribution >= 4 is 38.9 Å². The van der Waals surface area contributed by atoms with Crippen LogP contribution in [0, 0.1) is 5.82 Å². The number of anilines is 3. The van der Waals surface area contributed by atoms with Crippen molar-refractivity contribution in [1.82, 2.24) is 0 Å². The Morgan fingerprint density at radius 1 is 1.04 bits per heavy atom. The third-order valence-electron chi connectivity index (χ3n) is 3.53. The Kier molecular flexibility index (Phi) is 6.51. The fraction of sp³-hybridized carbons (Fsp3) is 0.222. The molecule has 27 heavy (non-hydrogen) atoms. The highest BCUT2D eigenvalue weighted by atomic mass is 32.2. The maximum Gasteiger partial charge on any atom is 0.232 e. The van der Waals surface area contributed by atoms with Crippen molar-refractivity contribution in [2.75, 3.05) is 27.7 Å². The SMILES string of the molecule is CC(=O)Nc1ccc(NC(=O)CCN(c2cccc(F)c2)S(C)(=O)=O)cc1. The van der Waals surface area contributed by atoms with E-state index in [4.69, 9.17) is 0 Å². The van der Waals surface area contributed by atoms with E-state index in [0.29, 0.717) is 11.4 Å². The molecule has 0 aliphatic rings. The average Bonchev–Trinajstić information content (AvgIpc) is 2.55. The Hall–Kier alpha value is -2.94. The summed E-state index contributed by atoms with van der Waals surface area (Å²) < 4.78 is 38.3. The molecule has 0 atom stereocenters. The van der Waals surface area contributed by atoms with Crippen LogP contribution in [-0.4, -0.2) is 33.0 Å². The van der Waals surface area contributed by atoms with Crippen LogP contribution in [0.3, 0.4) is 0 Å².